The second-order valence-electron chi connectivity index (χ2n) is 3.49. The van der Waals surface area contributed by atoms with Crippen LogP contribution in [0.2, 0.25) is 0 Å². The van der Waals surface area contributed by atoms with E-state index in [1.54, 1.807) is 19.0 Å². The summed E-state index contributed by atoms with van der Waals surface area (Å²) in [4.78, 5) is 14.2. The Hall–Kier alpha value is -1.16. The normalized spacial score (nSPS) is 9.94. The fraction of sp³-hybridized carbons (Fsp3) is 0.417. The van der Waals surface area contributed by atoms with Crippen LogP contribution in [0.3, 0.4) is 0 Å². The van der Waals surface area contributed by atoms with E-state index in [0.29, 0.717) is 6.54 Å². The fourth-order valence-electron chi connectivity index (χ4n) is 1.39. The Labute approximate surface area is 101 Å². The molecule has 2 amide bonds. The molecule has 0 unspecified atom stereocenters. The molecule has 0 saturated heterocycles. The first-order valence-corrected chi connectivity index (χ1v) is 6.30. The quantitative estimate of drug-likeness (QED) is 0.818. The molecular weight excluding hydrogens is 220 g/mol. The van der Waals surface area contributed by atoms with Crippen molar-refractivity contribution < 1.29 is 4.79 Å². The summed E-state index contributed by atoms with van der Waals surface area (Å²) < 4.78 is 0. The molecule has 0 bridgehead atoms. The molecule has 0 atom stereocenters. The Balaban J connectivity index is 2.58. The van der Waals surface area contributed by atoms with E-state index >= 15 is 0 Å². The van der Waals surface area contributed by atoms with Crippen molar-refractivity contribution in [2.75, 3.05) is 19.8 Å². The van der Waals surface area contributed by atoms with Crippen molar-refractivity contribution in [1.82, 2.24) is 10.2 Å². The zero-order valence-electron chi connectivity index (χ0n) is 9.99. The van der Waals surface area contributed by atoms with Crippen LogP contribution in [0.1, 0.15) is 12.5 Å². The molecule has 0 aliphatic carbocycles. The molecule has 0 aromatic heterocycles. The highest BCUT2D eigenvalue weighted by Gasteiger charge is 2.05. The highest BCUT2D eigenvalue weighted by molar-refractivity contribution is 7.99. The van der Waals surface area contributed by atoms with Crippen molar-refractivity contribution >= 4 is 17.8 Å². The van der Waals surface area contributed by atoms with Crippen molar-refractivity contribution in [3.05, 3.63) is 29.8 Å². The largest absolute Gasteiger partial charge is 0.341 e. The van der Waals surface area contributed by atoms with Crippen molar-refractivity contribution in [1.29, 1.82) is 0 Å². The number of carbonyl (C=O) groups is 1. The van der Waals surface area contributed by atoms with E-state index in [2.05, 4.69) is 36.5 Å². The van der Waals surface area contributed by atoms with E-state index in [1.807, 2.05) is 11.8 Å². The minimum Gasteiger partial charge on any atom is -0.341 e. The third-order valence-electron chi connectivity index (χ3n) is 2.21. The zero-order chi connectivity index (χ0) is 12.0. The molecule has 16 heavy (non-hydrogen) atoms. The minimum atomic E-state index is -0.0630. The summed E-state index contributed by atoms with van der Waals surface area (Å²) in [5, 5.41) is 2.60. The Morgan fingerprint density at radius 2 is 2.00 bits per heavy atom. The number of nitrogens with zero attached hydrogens (tertiary/aromatic N) is 1. The van der Waals surface area contributed by atoms with Crippen LogP contribution in [-0.4, -0.2) is 30.8 Å². The van der Waals surface area contributed by atoms with E-state index < -0.39 is 0 Å². The van der Waals surface area contributed by atoms with Gasteiger partial charge in [-0.05, 0) is 23.4 Å². The lowest BCUT2D eigenvalue weighted by Crippen LogP contribution is -2.34. The number of nitrogens with one attached hydrogen (secondary N) is 1. The monoisotopic (exact) mass is 238 g/mol. The second kappa shape index (κ2) is 6.43. The van der Waals surface area contributed by atoms with Crippen LogP contribution >= 0.6 is 11.8 Å². The Bertz CT molecular complexity index is 337. The summed E-state index contributed by atoms with van der Waals surface area (Å²) in [6.45, 7) is 2.77. The molecule has 0 heterocycles. The first kappa shape index (κ1) is 12.9. The maximum absolute atomic E-state index is 11.3. The summed E-state index contributed by atoms with van der Waals surface area (Å²) in [6, 6.07) is 8.27. The number of urea groups is 1. The zero-order valence-corrected chi connectivity index (χ0v) is 10.8. The number of carbonyl (C=O) groups excluding carboxylic acids is 1. The standard InChI is InChI=1S/C12H18N2OS/c1-4-16-11-7-5-10(6-8-11)9-14(3)12(15)13-2/h5-8H,4,9H2,1-3H3,(H,13,15). The van der Waals surface area contributed by atoms with E-state index in [4.69, 9.17) is 0 Å². The highest BCUT2D eigenvalue weighted by atomic mass is 32.2. The topological polar surface area (TPSA) is 32.3 Å². The molecule has 0 aliphatic heterocycles. The number of rotatable bonds is 4. The van der Waals surface area contributed by atoms with Gasteiger partial charge in [0.2, 0.25) is 0 Å². The van der Waals surface area contributed by atoms with Gasteiger partial charge in [0.1, 0.15) is 0 Å². The van der Waals surface area contributed by atoms with E-state index in [9.17, 15) is 4.79 Å². The van der Waals surface area contributed by atoms with Gasteiger partial charge < -0.3 is 10.2 Å². The van der Waals surface area contributed by atoms with Crippen LogP contribution in [0.25, 0.3) is 0 Å². The van der Waals surface area contributed by atoms with Crippen molar-refractivity contribution in [2.45, 2.75) is 18.4 Å². The number of hydrogen-bond donors (Lipinski definition) is 1. The summed E-state index contributed by atoms with van der Waals surface area (Å²) in [5.74, 6) is 1.08. The van der Waals surface area contributed by atoms with Gasteiger partial charge in [-0.25, -0.2) is 4.79 Å². The van der Waals surface area contributed by atoms with Gasteiger partial charge in [0.05, 0.1) is 0 Å². The molecule has 3 nitrogen and oxygen atoms in total. The molecule has 1 aromatic rings. The van der Waals surface area contributed by atoms with Gasteiger partial charge in [0.15, 0.2) is 0 Å². The van der Waals surface area contributed by atoms with Crippen molar-refractivity contribution in [3.8, 4) is 0 Å². The van der Waals surface area contributed by atoms with Gasteiger partial charge in [-0.15, -0.1) is 11.8 Å². The Kier molecular flexibility index (Phi) is 5.19. The summed E-state index contributed by atoms with van der Waals surface area (Å²) in [5.41, 5.74) is 1.14. The van der Waals surface area contributed by atoms with Crippen LogP contribution in [0.4, 0.5) is 4.79 Å². The van der Waals surface area contributed by atoms with Crippen LogP contribution in [0.5, 0.6) is 0 Å². The number of hydrogen-bond acceptors (Lipinski definition) is 2. The van der Waals surface area contributed by atoms with Gasteiger partial charge in [-0.2, -0.15) is 0 Å². The molecule has 0 spiro atoms. The number of benzene rings is 1. The van der Waals surface area contributed by atoms with E-state index in [1.165, 1.54) is 4.90 Å². The molecular formula is C12H18N2OS. The summed E-state index contributed by atoms with van der Waals surface area (Å²) in [7, 11) is 3.42. The molecule has 1 aromatic carbocycles. The predicted molar refractivity (Wildman–Crippen MR) is 68.8 cm³/mol. The molecule has 0 radical (unpaired) electrons. The summed E-state index contributed by atoms with van der Waals surface area (Å²) >= 11 is 1.82. The average Bonchev–Trinajstić information content (AvgIpc) is 2.31. The van der Waals surface area contributed by atoms with Gasteiger partial charge in [-0.3, -0.25) is 0 Å². The van der Waals surface area contributed by atoms with Crippen LogP contribution in [0.15, 0.2) is 29.2 Å². The molecule has 0 fully saturated rings. The first-order valence-electron chi connectivity index (χ1n) is 5.32. The molecule has 1 rings (SSSR count). The number of amides is 2. The van der Waals surface area contributed by atoms with E-state index in [-0.39, 0.29) is 6.03 Å². The highest BCUT2D eigenvalue weighted by Crippen LogP contribution is 2.18. The summed E-state index contributed by atoms with van der Waals surface area (Å²) in [6.07, 6.45) is 0. The lowest BCUT2D eigenvalue weighted by Gasteiger charge is -2.16. The molecule has 0 aliphatic rings. The van der Waals surface area contributed by atoms with Crippen molar-refractivity contribution in [3.63, 3.8) is 0 Å². The molecule has 4 heteroatoms. The lowest BCUT2D eigenvalue weighted by molar-refractivity contribution is 0.209. The Morgan fingerprint density at radius 3 is 2.50 bits per heavy atom. The van der Waals surface area contributed by atoms with Gasteiger partial charge in [0, 0.05) is 25.5 Å². The lowest BCUT2D eigenvalue weighted by atomic mass is 10.2. The third kappa shape index (κ3) is 3.77. The molecule has 1 N–H and O–H groups in total. The molecule has 88 valence electrons. The molecule has 0 saturated carbocycles. The second-order valence-corrected chi connectivity index (χ2v) is 4.83. The first-order chi connectivity index (χ1) is 7.67. The number of thioether (sulfide) groups is 1. The van der Waals surface area contributed by atoms with Gasteiger partial charge in [0.25, 0.3) is 0 Å². The average molecular weight is 238 g/mol. The van der Waals surface area contributed by atoms with Gasteiger partial charge >= 0.3 is 6.03 Å². The van der Waals surface area contributed by atoms with Crippen LogP contribution < -0.4 is 5.32 Å². The van der Waals surface area contributed by atoms with E-state index in [0.717, 1.165) is 11.3 Å². The van der Waals surface area contributed by atoms with Crippen LogP contribution in [-0.2, 0) is 6.54 Å². The SMILES string of the molecule is CCSc1ccc(CN(C)C(=O)NC)cc1. The maximum Gasteiger partial charge on any atom is 0.317 e. The Morgan fingerprint density at radius 1 is 1.38 bits per heavy atom. The van der Waals surface area contributed by atoms with Crippen molar-refractivity contribution in [2.24, 2.45) is 0 Å². The third-order valence-corrected chi connectivity index (χ3v) is 3.11. The van der Waals surface area contributed by atoms with Crippen LogP contribution in [0, 0.1) is 0 Å². The predicted octanol–water partition coefficient (Wildman–Crippen LogP) is 2.57. The minimum absolute atomic E-state index is 0.0630. The maximum atomic E-state index is 11.3. The van der Waals surface area contributed by atoms with Gasteiger partial charge in [-0.1, -0.05) is 19.1 Å². The smallest absolute Gasteiger partial charge is 0.317 e. The fourth-order valence-corrected chi connectivity index (χ4v) is 2.06.